The van der Waals surface area contributed by atoms with Gasteiger partial charge in [-0.3, -0.25) is 9.69 Å². The number of aryl methyl sites for hydroxylation is 1. The van der Waals surface area contributed by atoms with Gasteiger partial charge in [0.05, 0.1) is 11.1 Å². The Morgan fingerprint density at radius 1 is 0.923 bits per heavy atom. The summed E-state index contributed by atoms with van der Waals surface area (Å²) in [5.41, 5.74) is 5.36. The SMILES string of the molecule is Cc1ccc(-c2cc(-c3onc(C(=O)NC(C)C)c3-c3ccc(CN4CCCCC4)cc3)c(O)cc2O)cc1. The molecule has 7 heteroatoms. The molecule has 1 aliphatic heterocycles. The molecule has 0 saturated carbocycles. The third kappa shape index (κ3) is 5.83. The Bertz CT molecular complexity index is 1450. The fourth-order valence-electron chi connectivity index (χ4n) is 5.10. The van der Waals surface area contributed by atoms with Crippen LogP contribution in [0.5, 0.6) is 11.5 Å². The van der Waals surface area contributed by atoms with E-state index in [0.717, 1.165) is 36.3 Å². The number of piperidine rings is 1. The lowest BCUT2D eigenvalue weighted by molar-refractivity contribution is 0.0934. The van der Waals surface area contributed by atoms with Crippen molar-refractivity contribution >= 4 is 5.91 Å². The number of hydrogen-bond donors (Lipinski definition) is 3. The average Bonchev–Trinajstić information content (AvgIpc) is 3.35. The number of aromatic hydroxyl groups is 2. The van der Waals surface area contributed by atoms with Crippen molar-refractivity contribution in [3.8, 4) is 45.1 Å². The zero-order valence-electron chi connectivity index (χ0n) is 22.7. The zero-order valence-corrected chi connectivity index (χ0v) is 22.7. The van der Waals surface area contributed by atoms with Crippen LogP contribution < -0.4 is 5.32 Å². The van der Waals surface area contributed by atoms with E-state index in [0.29, 0.717) is 16.7 Å². The summed E-state index contributed by atoms with van der Waals surface area (Å²) in [4.78, 5) is 15.6. The quantitative estimate of drug-likeness (QED) is 0.254. The monoisotopic (exact) mass is 525 g/mol. The predicted molar refractivity (Wildman–Crippen MR) is 153 cm³/mol. The van der Waals surface area contributed by atoms with Gasteiger partial charge >= 0.3 is 0 Å². The summed E-state index contributed by atoms with van der Waals surface area (Å²) in [6.07, 6.45) is 3.76. The minimum Gasteiger partial charge on any atom is -0.507 e. The number of benzene rings is 3. The lowest BCUT2D eigenvalue weighted by Crippen LogP contribution is -2.30. The summed E-state index contributed by atoms with van der Waals surface area (Å²) in [7, 11) is 0. The van der Waals surface area contributed by atoms with Gasteiger partial charge in [-0.2, -0.15) is 0 Å². The summed E-state index contributed by atoms with van der Waals surface area (Å²) in [6, 6.07) is 18.7. The van der Waals surface area contributed by atoms with Gasteiger partial charge in [0.25, 0.3) is 5.91 Å². The highest BCUT2D eigenvalue weighted by molar-refractivity contribution is 6.03. The highest BCUT2D eigenvalue weighted by atomic mass is 16.5. The van der Waals surface area contributed by atoms with E-state index in [-0.39, 0.29) is 34.9 Å². The molecular formula is C32H35N3O4. The van der Waals surface area contributed by atoms with Gasteiger partial charge in [-0.05, 0) is 69.5 Å². The van der Waals surface area contributed by atoms with Crippen LogP contribution in [0.3, 0.4) is 0 Å². The van der Waals surface area contributed by atoms with Crippen LogP contribution in [0.25, 0.3) is 33.6 Å². The van der Waals surface area contributed by atoms with E-state index in [4.69, 9.17) is 4.52 Å². The summed E-state index contributed by atoms with van der Waals surface area (Å²) in [5.74, 6) is -0.317. The van der Waals surface area contributed by atoms with E-state index in [1.165, 1.54) is 30.9 Å². The number of phenols is 2. The van der Waals surface area contributed by atoms with Crippen LogP contribution in [0.4, 0.5) is 0 Å². The molecule has 0 radical (unpaired) electrons. The summed E-state index contributed by atoms with van der Waals surface area (Å²) >= 11 is 0. The summed E-state index contributed by atoms with van der Waals surface area (Å²) in [5, 5.41) is 28.6. The van der Waals surface area contributed by atoms with Gasteiger partial charge in [0.1, 0.15) is 11.5 Å². The van der Waals surface area contributed by atoms with Gasteiger partial charge in [-0.25, -0.2) is 0 Å². The number of carbonyl (C=O) groups is 1. The first kappa shape index (κ1) is 26.5. The maximum atomic E-state index is 13.1. The van der Waals surface area contributed by atoms with E-state index >= 15 is 0 Å². The Labute approximate surface area is 229 Å². The third-order valence-corrected chi connectivity index (χ3v) is 7.15. The maximum absolute atomic E-state index is 13.1. The molecule has 3 N–H and O–H groups in total. The second-order valence-corrected chi connectivity index (χ2v) is 10.6. The van der Waals surface area contributed by atoms with Crippen LogP contribution in [-0.4, -0.2) is 45.3 Å². The molecule has 2 heterocycles. The Hall–Kier alpha value is -4.10. The fourth-order valence-corrected chi connectivity index (χ4v) is 5.10. The number of carbonyl (C=O) groups excluding carboxylic acids is 1. The number of nitrogens with one attached hydrogen (secondary N) is 1. The molecule has 3 aromatic carbocycles. The molecule has 0 atom stereocenters. The summed E-state index contributed by atoms with van der Waals surface area (Å²) in [6.45, 7) is 8.87. The average molecular weight is 526 g/mol. The minimum absolute atomic E-state index is 0.0546. The molecule has 1 saturated heterocycles. The van der Waals surface area contributed by atoms with Crippen molar-refractivity contribution in [3.05, 3.63) is 77.5 Å². The predicted octanol–water partition coefficient (Wildman–Crippen LogP) is 6.52. The molecule has 0 unspecified atom stereocenters. The zero-order chi connectivity index (χ0) is 27.5. The van der Waals surface area contributed by atoms with Crippen LogP contribution >= 0.6 is 0 Å². The van der Waals surface area contributed by atoms with Crippen molar-refractivity contribution in [3.63, 3.8) is 0 Å². The standard InChI is InChI=1S/C32H35N3O4/c1-20(2)33-32(38)30-29(24-13-9-22(10-14-24)19-35-15-5-4-6-16-35)31(39-34-30)26-17-25(27(36)18-28(26)37)23-11-7-21(3)8-12-23/h7-14,17-18,20,36-37H,4-6,15-16,19H2,1-3H3,(H,33,38). The molecule has 0 spiro atoms. The lowest BCUT2D eigenvalue weighted by atomic mass is 9.94. The molecular weight excluding hydrogens is 490 g/mol. The van der Waals surface area contributed by atoms with Crippen LogP contribution in [0.1, 0.15) is 54.7 Å². The first-order valence-electron chi connectivity index (χ1n) is 13.6. The molecule has 1 aromatic heterocycles. The van der Waals surface area contributed by atoms with Gasteiger partial charge < -0.3 is 20.1 Å². The Morgan fingerprint density at radius 2 is 1.56 bits per heavy atom. The number of aromatic nitrogens is 1. The highest BCUT2D eigenvalue weighted by Gasteiger charge is 2.27. The van der Waals surface area contributed by atoms with Gasteiger partial charge in [0.15, 0.2) is 11.5 Å². The largest absolute Gasteiger partial charge is 0.507 e. The normalized spacial score (nSPS) is 14.1. The number of phenolic OH excluding ortho intramolecular Hbond substituents is 2. The van der Waals surface area contributed by atoms with Crippen LogP contribution in [0.15, 0.2) is 65.2 Å². The van der Waals surface area contributed by atoms with Crippen molar-refractivity contribution in [1.29, 1.82) is 0 Å². The fraction of sp³-hybridized carbons (Fsp3) is 0.312. The first-order chi connectivity index (χ1) is 18.8. The molecule has 0 bridgehead atoms. The molecule has 39 heavy (non-hydrogen) atoms. The van der Waals surface area contributed by atoms with Crippen molar-refractivity contribution in [2.45, 2.75) is 52.6 Å². The number of likely N-dealkylation sites (tertiary alicyclic amines) is 1. The second-order valence-electron chi connectivity index (χ2n) is 10.6. The number of rotatable bonds is 7. The Balaban J connectivity index is 1.58. The van der Waals surface area contributed by atoms with E-state index < -0.39 is 0 Å². The van der Waals surface area contributed by atoms with Gasteiger partial charge in [-0.1, -0.05) is 65.7 Å². The number of amides is 1. The molecule has 5 rings (SSSR count). The topological polar surface area (TPSA) is 98.8 Å². The molecule has 0 aliphatic carbocycles. The molecule has 1 amide bonds. The molecule has 202 valence electrons. The molecule has 1 fully saturated rings. The van der Waals surface area contributed by atoms with Crippen molar-refractivity contribution in [1.82, 2.24) is 15.4 Å². The van der Waals surface area contributed by atoms with Gasteiger partial charge in [-0.15, -0.1) is 0 Å². The highest BCUT2D eigenvalue weighted by Crippen LogP contribution is 2.44. The van der Waals surface area contributed by atoms with E-state index in [1.807, 2.05) is 57.2 Å². The van der Waals surface area contributed by atoms with Crippen LogP contribution in [0, 0.1) is 6.92 Å². The molecule has 4 aromatic rings. The first-order valence-corrected chi connectivity index (χ1v) is 13.6. The molecule has 7 nitrogen and oxygen atoms in total. The minimum atomic E-state index is -0.357. The Morgan fingerprint density at radius 3 is 2.23 bits per heavy atom. The molecule has 1 aliphatic rings. The van der Waals surface area contributed by atoms with Crippen molar-refractivity contribution in [2.75, 3.05) is 13.1 Å². The van der Waals surface area contributed by atoms with Gasteiger partial charge in [0, 0.05) is 24.2 Å². The third-order valence-electron chi connectivity index (χ3n) is 7.15. The van der Waals surface area contributed by atoms with E-state index in [9.17, 15) is 15.0 Å². The van der Waals surface area contributed by atoms with E-state index in [1.54, 1.807) is 6.07 Å². The smallest absolute Gasteiger partial charge is 0.274 e. The number of hydrogen-bond acceptors (Lipinski definition) is 6. The summed E-state index contributed by atoms with van der Waals surface area (Å²) < 4.78 is 5.76. The van der Waals surface area contributed by atoms with Gasteiger partial charge in [0.2, 0.25) is 0 Å². The second kappa shape index (κ2) is 11.3. The van der Waals surface area contributed by atoms with Crippen LogP contribution in [-0.2, 0) is 6.54 Å². The maximum Gasteiger partial charge on any atom is 0.274 e. The number of nitrogens with zero attached hydrogens (tertiary/aromatic N) is 2. The van der Waals surface area contributed by atoms with Crippen molar-refractivity contribution in [2.24, 2.45) is 0 Å². The lowest BCUT2D eigenvalue weighted by Gasteiger charge is -2.26. The van der Waals surface area contributed by atoms with Crippen LogP contribution in [0.2, 0.25) is 0 Å². The van der Waals surface area contributed by atoms with Crippen molar-refractivity contribution < 1.29 is 19.5 Å². The van der Waals surface area contributed by atoms with E-state index in [2.05, 4.69) is 27.5 Å². The Kier molecular flexibility index (Phi) is 7.70.